The maximum atomic E-state index is 12.3. The lowest BCUT2D eigenvalue weighted by Crippen LogP contribution is -2.09. The van der Waals surface area contributed by atoms with E-state index in [2.05, 4.69) is 18.2 Å². The minimum Gasteiger partial charge on any atom is -0.289 e. The molecule has 0 unspecified atom stereocenters. The van der Waals surface area contributed by atoms with Crippen LogP contribution in [0.15, 0.2) is 70.3 Å². The van der Waals surface area contributed by atoms with Crippen LogP contribution in [0.1, 0.15) is 0 Å². The predicted octanol–water partition coefficient (Wildman–Crippen LogP) is 3.90. The third-order valence-corrected chi connectivity index (χ3v) is 4.55. The predicted molar refractivity (Wildman–Crippen MR) is 91.4 cm³/mol. The average Bonchev–Trinajstić information content (AvgIpc) is 2.55. The van der Waals surface area contributed by atoms with Gasteiger partial charge in [0.05, 0.1) is 0 Å². The molecule has 0 bridgehead atoms. The smallest absolute Gasteiger partial charge is 0.187 e. The summed E-state index contributed by atoms with van der Waals surface area (Å²) in [5, 5.41) is 7.48. The summed E-state index contributed by atoms with van der Waals surface area (Å²) in [6, 6.07) is 18.9. The van der Waals surface area contributed by atoms with Gasteiger partial charge in [-0.3, -0.25) is 9.59 Å². The fourth-order valence-electron chi connectivity index (χ4n) is 3.59. The van der Waals surface area contributed by atoms with Crippen molar-refractivity contribution in [3.8, 4) is 0 Å². The third-order valence-electron chi connectivity index (χ3n) is 4.55. The lowest BCUT2D eigenvalue weighted by atomic mass is 9.91. The quantitative estimate of drug-likeness (QED) is 0.319. The van der Waals surface area contributed by atoms with Crippen LogP contribution in [0, 0.1) is 0 Å². The van der Waals surface area contributed by atoms with Gasteiger partial charge in [0.2, 0.25) is 0 Å². The Labute approximate surface area is 124 Å². The van der Waals surface area contributed by atoms with Gasteiger partial charge in [0.1, 0.15) is 0 Å². The highest BCUT2D eigenvalue weighted by molar-refractivity contribution is 6.28. The van der Waals surface area contributed by atoms with E-state index in [1.165, 1.54) is 12.1 Å². The molecular weight excluding hydrogens is 272 g/mol. The largest absolute Gasteiger partial charge is 0.289 e. The second-order valence-electron chi connectivity index (χ2n) is 5.72. The Morgan fingerprint density at radius 2 is 1.18 bits per heavy atom. The normalized spacial score (nSPS) is 12.0. The van der Waals surface area contributed by atoms with Crippen LogP contribution in [0.3, 0.4) is 0 Å². The molecule has 0 aliphatic carbocycles. The van der Waals surface area contributed by atoms with Crippen molar-refractivity contribution in [2.24, 2.45) is 0 Å². The molecule has 0 amide bonds. The minimum absolute atomic E-state index is 0.0902. The first kappa shape index (κ1) is 11.6. The molecule has 0 radical (unpaired) electrons. The molecule has 0 saturated carbocycles. The van der Waals surface area contributed by atoms with Crippen LogP contribution in [-0.4, -0.2) is 0 Å². The van der Waals surface area contributed by atoms with Gasteiger partial charge in [0, 0.05) is 10.8 Å². The zero-order valence-corrected chi connectivity index (χ0v) is 11.6. The second kappa shape index (κ2) is 3.80. The molecule has 5 rings (SSSR count). The molecule has 0 fully saturated rings. The standard InChI is InChI=1S/C20H10O2/c21-16-8-9-17(22)20-14-7-6-12-3-1-2-11-4-5-13(10-15(16)20)19(14)18(11)12/h1-10H. The maximum Gasteiger partial charge on any atom is 0.187 e. The molecule has 22 heavy (non-hydrogen) atoms. The first-order valence-electron chi connectivity index (χ1n) is 7.21. The molecule has 0 aliphatic heterocycles. The number of fused-ring (bicyclic) bond motifs is 2. The van der Waals surface area contributed by atoms with Crippen LogP contribution in [0.2, 0.25) is 0 Å². The van der Waals surface area contributed by atoms with Gasteiger partial charge in [-0.15, -0.1) is 0 Å². The van der Waals surface area contributed by atoms with E-state index in [9.17, 15) is 9.59 Å². The molecule has 0 spiro atoms. The van der Waals surface area contributed by atoms with Gasteiger partial charge in [-0.2, -0.15) is 0 Å². The zero-order valence-electron chi connectivity index (χ0n) is 11.6. The van der Waals surface area contributed by atoms with Crippen molar-refractivity contribution < 1.29 is 0 Å². The van der Waals surface area contributed by atoms with Crippen molar-refractivity contribution in [3.63, 3.8) is 0 Å². The summed E-state index contributed by atoms with van der Waals surface area (Å²) >= 11 is 0. The van der Waals surface area contributed by atoms with Gasteiger partial charge in [-0.1, -0.05) is 42.5 Å². The maximum absolute atomic E-state index is 12.3. The monoisotopic (exact) mass is 282 g/mol. The molecule has 102 valence electrons. The summed E-state index contributed by atoms with van der Waals surface area (Å²) in [6.45, 7) is 0. The summed E-state index contributed by atoms with van der Waals surface area (Å²) in [6.07, 6.45) is 0. The van der Waals surface area contributed by atoms with Gasteiger partial charge in [0.25, 0.3) is 0 Å². The Morgan fingerprint density at radius 1 is 0.500 bits per heavy atom. The van der Waals surface area contributed by atoms with Gasteiger partial charge in [0.15, 0.2) is 10.9 Å². The third kappa shape index (κ3) is 1.29. The van der Waals surface area contributed by atoms with Crippen LogP contribution in [0.5, 0.6) is 0 Å². The topological polar surface area (TPSA) is 34.1 Å². The van der Waals surface area contributed by atoms with Crippen LogP contribution >= 0.6 is 0 Å². The summed E-state index contributed by atoms with van der Waals surface area (Å²) in [5.41, 5.74) is -0.187. The SMILES string of the molecule is O=c1ccc(=O)c2c1cc1ccc3cccc4ccc2c1c34. The number of rotatable bonds is 0. The van der Waals surface area contributed by atoms with E-state index in [1.807, 2.05) is 30.3 Å². The highest BCUT2D eigenvalue weighted by Crippen LogP contribution is 2.36. The molecule has 5 aromatic carbocycles. The van der Waals surface area contributed by atoms with Crippen molar-refractivity contribution in [1.29, 1.82) is 0 Å². The van der Waals surface area contributed by atoms with E-state index in [4.69, 9.17) is 0 Å². The lowest BCUT2D eigenvalue weighted by molar-refractivity contribution is 1.62. The summed E-state index contributed by atoms with van der Waals surface area (Å²) in [5.74, 6) is 0. The van der Waals surface area contributed by atoms with Crippen molar-refractivity contribution in [2.75, 3.05) is 0 Å². The summed E-state index contributed by atoms with van der Waals surface area (Å²) in [7, 11) is 0. The Balaban J connectivity index is 2.28. The number of hydrogen-bond donors (Lipinski definition) is 0. The van der Waals surface area contributed by atoms with Crippen LogP contribution in [0.25, 0.3) is 43.1 Å². The molecule has 0 aromatic heterocycles. The number of benzene rings is 5. The highest BCUT2D eigenvalue weighted by atomic mass is 16.1. The van der Waals surface area contributed by atoms with Crippen LogP contribution in [0.4, 0.5) is 0 Å². The first-order chi connectivity index (χ1) is 10.7. The molecule has 2 heteroatoms. The molecular formula is C20H10O2. The van der Waals surface area contributed by atoms with Crippen LogP contribution < -0.4 is 10.9 Å². The van der Waals surface area contributed by atoms with Crippen molar-refractivity contribution in [3.05, 3.63) is 81.1 Å². The Hall–Kier alpha value is -3.00. The Morgan fingerprint density at radius 3 is 2.00 bits per heavy atom. The average molecular weight is 282 g/mol. The van der Waals surface area contributed by atoms with Crippen LogP contribution in [-0.2, 0) is 0 Å². The van der Waals surface area contributed by atoms with E-state index in [1.54, 1.807) is 0 Å². The second-order valence-corrected chi connectivity index (χ2v) is 5.72. The summed E-state index contributed by atoms with van der Waals surface area (Å²) < 4.78 is 0. The Bertz CT molecular complexity index is 1290. The Kier molecular flexibility index (Phi) is 2.01. The van der Waals surface area contributed by atoms with E-state index in [0.29, 0.717) is 10.8 Å². The lowest BCUT2D eigenvalue weighted by Gasteiger charge is -2.12. The fourth-order valence-corrected chi connectivity index (χ4v) is 3.59. The number of hydrogen-bond acceptors (Lipinski definition) is 2. The zero-order chi connectivity index (χ0) is 14.8. The van der Waals surface area contributed by atoms with E-state index in [0.717, 1.165) is 32.3 Å². The molecule has 0 heterocycles. The van der Waals surface area contributed by atoms with Gasteiger partial charge in [-0.05, 0) is 50.5 Å². The molecule has 2 nitrogen and oxygen atoms in total. The molecule has 0 saturated heterocycles. The van der Waals surface area contributed by atoms with E-state index >= 15 is 0 Å². The van der Waals surface area contributed by atoms with E-state index in [-0.39, 0.29) is 10.9 Å². The summed E-state index contributed by atoms with van der Waals surface area (Å²) in [4.78, 5) is 24.5. The molecule has 0 atom stereocenters. The van der Waals surface area contributed by atoms with Gasteiger partial charge < -0.3 is 0 Å². The van der Waals surface area contributed by atoms with E-state index < -0.39 is 0 Å². The molecule has 0 aliphatic rings. The highest BCUT2D eigenvalue weighted by Gasteiger charge is 2.13. The van der Waals surface area contributed by atoms with Gasteiger partial charge >= 0.3 is 0 Å². The molecule has 0 N–H and O–H groups in total. The van der Waals surface area contributed by atoms with Crippen molar-refractivity contribution in [1.82, 2.24) is 0 Å². The molecule has 5 aromatic rings. The van der Waals surface area contributed by atoms with Crippen molar-refractivity contribution >= 4 is 43.1 Å². The minimum atomic E-state index is -0.0971. The first-order valence-corrected chi connectivity index (χ1v) is 7.21. The van der Waals surface area contributed by atoms with Crippen molar-refractivity contribution in [2.45, 2.75) is 0 Å². The fraction of sp³-hybridized carbons (Fsp3) is 0. The van der Waals surface area contributed by atoms with Gasteiger partial charge in [-0.25, -0.2) is 0 Å².